The first-order valence-corrected chi connectivity index (χ1v) is 5.25. The van der Waals surface area contributed by atoms with Crippen LogP contribution in [0.4, 0.5) is 0 Å². The van der Waals surface area contributed by atoms with E-state index >= 15 is 0 Å². The van der Waals surface area contributed by atoms with Crippen LogP contribution in [0.2, 0.25) is 0 Å². The molecule has 1 fully saturated rings. The summed E-state index contributed by atoms with van der Waals surface area (Å²) in [5, 5.41) is 8.72. The van der Waals surface area contributed by atoms with E-state index in [9.17, 15) is 9.59 Å². The number of carbonyl (C=O) groups excluding carboxylic acids is 1. The maximum absolute atomic E-state index is 11.9. The molecule has 1 atom stereocenters. The first-order chi connectivity index (χ1) is 8.11. The quantitative estimate of drug-likeness (QED) is 0.845. The second kappa shape index (κ2) is 4.58. The average molecular weight is 239 g/mol. The van der Waals surface area contributed by atoms with Crippen molar-refractivity contribution in [3.63, 3.8) is 0 Å². The van der Waals surface area contributed by atoms with Gasteiger partial charge in [0.1, 0.15) is 6.26 Å². The van der Waals surface area contributed by atoms with Crippen LogP contribution in [-0.2, 0) is 4.74 Å². The van der Waals surface area contributed by atoms with Gasteiger partial charge >= 0.3 is 5.97 Å². The largest absolute Gasteiger partial charge is 0.478 e. The number of hydrogen-bond acceptors (Lipinski definition) is 4. The Morgan fingerprint density at radius 2 is 2.35 bits per heavy atom. The molecule has 1 aromatic rings. The first kappa shape index (κ1) is 11.7. The minimum absolute atomic E-state index is 0.0177. The van der Waals surface area contributed by atoms with Crippen LogP contribution >= 0.6 is 0 Å². The fourth-order valence-electron chi connectivity index (χ4n) is 1.82. The summed E-state index contributed by atoms with van der Waals surface area (Å²) >= 11 is 0. The molecule has 6 heteroatoms. The normalized spacial score (nSPS) is 19.6. The van der Waals surface area contributed by atoms with E-state index in [1.807, 2.05) is 0 Å². The summed E-state index contributed by atoms with van der Waals surface area (Å²) in [5.41, 5.74) is -0.0177. The van der Waals surface area contributed by atoms with Gasteiger partial charge in [0, 0.05) is 26.3 Å². The summed E-state index contributed by atoms with van der Waals surface area (Å²) in [7, 11) is 1.61. The van der Waals surface area contributed by atoms with Crippen LogP contribution < -0.4 is 0 Å². The van der Waals surface area contributed by atoms with Gasteiger partial charge in [-0.2, -0.15) is 0 Å². The Labute approximate surface area is 97.8 Å². The van der Waals surface area contributed by atoms with Crippen LogP contribution in [0.5, 0.6) is 0 Å². The molecule has 0 aliphatic carbocycles. The monoisotopic (exact) mass is 239 g/mol. The molecule has 17 heavy (non-hydrogen) atoms. The Morgan fingerprint density at radius 3 is 2.88 bits per heavy atom. The van der Waals surface area contributed by atoms with Crippen molar-refractivity contribution in [3.8, 4) is 0 Å². The van der Waals surface area contributed by atoms with Crippen LogP contribution in [0.1, 0.15) is 27.3 Å². The number of rotatable bonds is 3. The lowest BCUT2D eigenvalue weighted by Gasteiger charge is -2.13. The average Bonchev–Trinajstić information content (AvgIpc) is 2.97. The molecule has 0 spiro atoms. The molecule has 0 radical (unpaired) electrons. The number of nitrogens with zero attached hydrogens (tertiary/aromatic N) is 1. The molecule has 1 aliphatic rings. The molecular formula is C11H13NO5. The van der Waals surface area contributed by atoms with Crippen LogP contribution in [0.15, 0.2) is 16.7 Å². The van der Waals surface area contributed by atoms with Crippen LogP contribution in [0.25, 0.3) is 0 Å². The van der Waals surface area contributed by atoms with Gasteiger partial charge in [0.25, 0.3) is 5.91 Å². The van der Waals surface area contributed by atoms with E-state index in [1.54, 1.807) is 12.0 Å². The number of furan rings is 1. The Kier molecular flexibility index (Phi) is 3.14. The number of methoxy groups -OCH3 is 1. The minimum atomic E-state index is -1.11. The van der Waals surface area contributed by atoms with Crippen molar-refractivity contribution < 1.29 is 23.8 Å². The number of amides is 1. The summed E-state index contributed by atoms with van der Waals surface area (Å²) < 4.78 is 10.1. The number of ether oxygens (including phenoxy) is 1. The SMILES string of the molecule is COC1CCN(C(=O)c2cc(C(=O)O)co2)C1. The Hall–Kier alpha value is -1.82. The van der Waals surface area contributed by atoms with E-state index in [4.69, 9.17) is 14.3 Å². The van der Waals surface area contributed by atoms with Gasteiger partial charge in [-0.25, -0.2) is 4.79 Å². The maximum atomic E-state index is 11.9. The molecule has 1 N–H and O–H groups in total. The van der Waals surface area contributed by atoms with Gasteiger partial charge in [-0.05, 0) is 6.42 Å². The predicted octanol–water partition coefficient (Wildman–Crippen LogP) is 0.839. The molecule has 92 valence electrons. The Bertz CT molecular complexity index is 439. The topological polar surface area (TPSA) is 80.0 Å². The van der Waals surface area contributed by atoms with Crippen molar-refractivity contribution in [1.29, 1.82) is 0 Å². The molecule has 0 aromatic carbocycles. The van der Waals surface area contributed by atoms with Crippen molar-refractivity contribution in [2.24, 2.45) is 0 Å². The van der Waals surface area contributed by atoms with Crippen molar-refractivity contribution in [3.05, 3.63) is 23.7 Å². The van der Waals surface area contributed by atoms with Gasteiger partial charge in [0.15, 0.2) is 5.76 Å². The van der Waals surface area contributed by atoms with Crippen LogP contribution in [-0.4, -0.2) is 48.2 Å². The lowest BCUT2D eigenvalue weighted by molar-refractivity contribution is 0.0689. The fraction of sp³-hybridized carbons (Fsp3) is 0.455. The zero-order valence-electron chi connectivity index (χ0n) is 9.38. The zero-order valence-corrected chi connectivity index (χ0v) is 9.38. The molecule has 1 aromatic heterocycles. The van der Waals surface area contributed by atoms with Crippen molar-refractivity contribution >= 4 is 11.9 Å². The third-order valence-corrected chi connectivity index (χ3v) is 2.82. The standard InChI is InChI=1S/C11H13NO5/c1-16-8-2-3-12(5-8)10(13)9-4-7(6-17-9)11(14)15/h4,6,8H,2-3,5H2,1H3,(H,14,15). The highest BCUT2D eigenvalue weighted by atomic mass is 16.5. The highest BCUT2D eigenvalue weighted by molar-refractivity contribution is 5.95. The highest BCUT2D eigenvalue weighted by Gasteiger charge is 2.28. The number of carbonyl (C=O) groups is 2. The molecule has 2 heterocycles. The van der Waals surface area contributed by atoms with Crippen molar-refractivity contribution in [2.75, 3.05) is 20.2 Å². The van der Waals surface area contributed by atoms with Gasteiger partial charge in [0.2, 0.25) is 0 Å². The maximum Gasteiger partial charge on any atom is 0.338 e. The van der Waals surface area contributed by atoms with Crippen molar-refractivity contribution in [2.45, 2.75) is 12.5 Å². The number of hydrogen-bond donors (Lipinski definition) is 1. The molecule has 2 rings (SSSR count). The first-order valence-electron chi connectivity index (χ1n) is 5.25. The lowest BCUT2D eigenvalue weighted by atomic mass is 10.3. The van der Waals surface area contributed by atoms with E-state index in [0.717, 1.165) is 12.7 Å². The molecule has 6 nitrogen and oxygen atoms in total. The number of likely N-dealkylation sites (tertiary alicyclic amines) is 1. The fourth-order valence-corrected chi connectivity index (χ4v) is 1.82. The summed E-state index contributed by atoms with van der Waals surface area (Å²) in [6.07, 6.45) is 1.90. The molecule has 0 bridgehead atoms. The Balaban J connectivity index is 2.07. The van der Waals surface area contributed by atoms with Gasteiger partial charge in [-0.1, -0.05) is 0 Å². The van der Waals surface area contributed by atoms with E-state index in [2.05, 4.69) is 0 Å². The van der Waals surface area contributed by atoms with E-state index in [1.165, 1.54) is 6.07 Å². The molecule has 1 saturated heterocycles. The lowest BCUT2D eigenvalue weighted by Crippen LogP contribution is -2.29. The smallest absolute Gasteiger partial charge is 0.338 e. The molecule has 0 saturated carbocycles. The van der Waals surface area contributed by atoms with E-state index < -0.39 is 5.97 Å². The van der Waals surface area contributed by atoms with Gasteiger partial charge in [0.05, 0.1) is 11.7 Å². The zero-order chi connectivity index (χ0) is 12.4. The second-order valence-electron chi connectivity index (χ2n) is 3.90. The number of aromatic carboxylic acids is 1. The van der Waals surface area contributed by atoms with Gasteiger partial charge in [-0.15, -0.1) is 0 Å². The molecular weight excluding hydrogens is 226 g/mol. The number of carboxylic acids is 1. The van der Waals surface area contributed by atoms with E-state index in [-0.39, 0.29) is 23.3 Å². The number of carboxylic acid groups (broad SMARTS) is 1. The van der Waals surface area contributed by atoms with E-state index in [0.29, 0.717) is 13.1 Å². The van der Waals surface area contributed by atoms with Gasteiger partial charge < -0.3 is 19.2 Å². The minimum Gasteiger partial charge on any atom is -0.478 e. The van der Waals surface area contributed by atoms with Gasteiger partial charge in [-0.3, -0.25) is 4.79 Å². The van der Waals surface area contributed by atoms with Crippen LogP contribution in [0.3, 0.4) is 0 Å². The summed E-state index contributed by atoms with van der Waals surface area (Å²) in [6, 6.07) is 1.24. The molecule has 1 amide bonds. The molecule has 1 unspecified atom stereocenters. The molecule has 1 aliphatic heterocycles. The highest BCUT2D eigenvalue weighted by Crippen LogP contribution is 2.17. The Morgan fingerprint density at radius 1 is 1.59 bits per heavy atom. The predicted molar refractivity (Wildman–Crippen MR) is 57.0 cm³/mol. The third-order valence-electron chi connectivity index (χ3n) is 2.82. The van der Waals surface area contributed by atoms with Crippen molar-refractivity contribution in [1.82, 2.24) is 4.90 Å². The summed E-state index contributed by atoms with van der Waals surface area (Å²) in [6.45, 7) is 1.11. The third kappa shape index (κ3) is 2.31. The summed E-state index contributed by atoms with van der Waals surface area (Å²) in [5.74, 6) is -1.35. The van der Waals surface area contributed by atoms with Crippen LogP contribution in [0, 0.1) is 0 Å². The second-order valence-corrected chi connectivity index (χ2v) is 3.90. The summed E-state index contributed by atoms with van der Waals surface area (Å²) in [4.78, 5) is 24.2.